The number of amides is 1. The van der Waals surface area contributed by atoms with Crippen molar-refractivity contribution in [1.82, 2.24) is 5.32 Å². The number of carbonyl (C=O) groups is 2. The van der Waals surface area contributed by atoms with Crippen molar-refractivity contribution >= 4 is 11.9 Å². The molecule has 0 atom stereocenters. The van der Waals surface area contributed by atoms with Gasteiger partial charge < -0.3 is 10.1 Å². The van der Waals surface area contributed by atoms with Crippen molar-refractivity contribution in [2.45, 2.75) is 20.4 Å². The molecule has 22 heavy (non-hydrogen) atoms. The summed E-state index contributed by atoms with van der Waals surface area (Å²) in [5.74, 6) is -0.812. The van der Waals surface area contributed by atoms with Crippen molar-refractivity contribution in [2.75, 3.05) is 6.61 Å². The van der Waals surface area contributed by atoms with Crippen LogP contribution in [-0.4, -0.2) is 18.5 Å². The maximum atomic E-state index is 11.8. The van der Waals surface area contributed by atoms with Crippen LogP contribution in [0.15, 0.2) is 48.5 Å². The molecular formula is C18H19NO3. The molecular weight excluding hydrogens is 278 g/mol. The maximum Gasteiger partial charge on any atom is 0.338 e. The minimum Gasteiger partial charge on any atom is -0.452 e. The second-order valence-electron chi connectivity index (χ2n) is 5.21. The van der Waals surface area contributed by atoms with E-state index in [1.165, 1.54) is 0 Å². The van der Waals surface area contributed by atoms with E-state index in [0.717, 1.165) is 16.7 Å². The molecule has 2 aromatic carbocycles. The normalized spacial score (nSPS) is 10.1. The highest BCUT2D eigenvalue weighted by Gasteiger charge is 2.09. The number of nitrogens with one attached hydrogen (secondary N) is 1. The van der Waals surface area contributed by atoms with Crippen molar-refractivity contribution < 1.29 is 14.3 Å². The third kappa shape index (κ3) is 4.74. The van der Waals surface area contributed by atoms with E-state index in [-0.39, 0.29) is 12.5 Å². The standard InChI is InChI=1S/C18H19NO3/c1-13-6-8-16(9-7-13)18(21)22-12-17(20)19-11-15-5-3-4-14(2)10-15/h3-10H,11-12H2,1-2H3,(H,19,20). The molecule has 2 rings (SSSR count). The minimum atomic E-state index is -0.495. The molecule has 0 spiro atoms. The van der Waals surface area contributed by atoms with Crippen molar-refractivity contribution in [2.24, 2.45) is 0 Å². The molecule has 1 N–H and O–H groups in total. The summed E-state index contributed by atoms with van der Waals surface area (Å²) in [5, 5.41) is 2.73. The molecule has 0 saturated heterocycles. The Kier molecular flexibility index (Phi) is 5.31. The molecule has 0 fully saturated rings. The first-order valence-electron chi connectivity index (χ1n) is 7.10. The van der Waals surface area contributed by atoms with E-state index in [9.17, 15) is 9.59 Å². The van der Waals surface area contributed by atoms with E-state index in [1.807, 2.05) is 50.2 Å². The van der Waals surface area contributed by atoms with Crippen molar-refractivity contribution in [3.05, 3.63) is 70.8 Å². The van der Waals surface area contributed by atoms with E-state index < -0.39 is 5.97 Å². The second kappa shape index (κ2) is 7.41. The molecule has 0 radical (unpaired) electrons. The number of hydrogen-bond acceptors (Lipinski definition) is 3. The number of esters is 1. The van der Waals surface area contributed by atoms with Crippen LogP contribution < -0.4 is 5.32 Å². The topological polar surface area (TPSA) is 55.4 Å². The van der Waals surface area contributed by atoms with Gasteiger partial charge in [-0.25, -0.2) is 4.79 Å². The predicted octanol–water partition coefficient (Wildman–Crippen LogP) is 2.78. The average molecular weight is 297 g/mol. The van der Waals surface area contributed by atoms with Gasteiger partial charge in [0.05, 0.1) is 5.56 Å². The van der Waals surface area contributed by atoms with E-state index in [1.54, 1.807) is 12.1 Å². The van der Waals surface area contributed by atoms with E-state index >= 15 is 0 Å². The average Bonchev–Trinajstić information content (AvgIpc) is 2.51. The van der Waals surface area contributed by atoms with Gasteiger partial charge in [-0.05, 0) is 31.5 Å². The lowest BCUT2D eigenvalue weighted by atomic mass is 10.1. The fourth-order valence-corrected chi connectivity index (χ4v) is 1.98. The monoisotopic (exact) mass is 297 g/mol. The zero-order chi connectivity index (χ0) is 15.9. The Morgan fingerprint density at radius 2 is 1.73 bits per heavy atom. The molecule has 0 aliphatic rings. The summed E-state index contributed by atoms with van der Waals surface area (Å²) in [6.07, 6.45) is 0. The van der Waals surface area contributed by atoms with Crippen LogP contribution in [0.2, 0.25) is 0 Å². The molecule has 0 aliphatic heterocycles. The molecule has 0 heterocycles. The van der Waals surface area contributed by atoms with Crippen LogP contribution in [0.3, 0.4) is 0 Å². The number of carbonyl (C=O) groups excluding carboxylic acids is 2. The smallest absolute Gasteiger partial charge is 0.338 e. The molecule has 0 unspecified atom stereocenters. The van der Waals surface area contributed by atoms with E-state index in [0.29, 0.717) is 12.1 Å². The third-order valence-corrected chi connectivity index (χ3v) is 3.19. The lowest BCUT2D eigenvalue weighted by Gasteiger charge is -2.07. The van der Waals surface area contributed by atoms with Crippen molar-refractivity contribution in [3.63, 3.8) is 0 Å². The quantitative estimate of drug-likeness (QED) is 0.863. The Labute approximate surface area is 130 Å². The summed E-state index contributed by atoms with van der Waals surface area (Å²) >= 11 is 0. The number of hydrogen-bond donors (Lipinski definition) is 1. The van der Waals surface area contributed by atoms with E-state index in [4.69, 9.17) is 4.74 Å². The zero-order valence-electron chi connectivity index (χ0n) is 12.8. The summed E-state index contributed by atoms with van der Waals surface area (Å²) in [6.45, 7) is 4.07. The van der Waals surface area contributed by atoms with Crippen molar-refractivity contribution in [3.8, 4) is 0 Å². The number of rotatable bonds is 5. The van der Waals surface area contributed by atoms with Gasteiger partial charge in [-0.15, -0.1) is 0 Å². The molecule has 0 bridgehead atoms. The molecule has 0 saturated carbocycles. The van der Waals surface area contributed by atoms with Gasteiger partial charge in [0.1, 0.15) is 0 Å². The molecule has 0 aliphatic carbocycles. The first-order valence-corrected chi connectivity index (χ1v) is 7.10. The zero-order valence-corrected chi connectivity index (χ0v) is 12.8. The minimum absolute atomic E-state index is 0.279. The fraction of sp³-hybridized carbons (Fsp3) is 0.222. The first-order chi connectivity index (χ1) is 10.5. The van der Waals surface area contributed by atoms with Crippen LogP contribution in [0.5, 0.6) is 0 Å². The molecule has 114 valence electrons. The Hall–Kier alpha value is -2.62. The Morgan fingerprint density at radius 1 is 1.00 bits per heavy atom. The summed E-state index contributed by atoms with van der Waals surface area (Å²) in [7, 11) is 0. The number of benzene rings is 2. The Balaban J connectivity index is 1.78. The Morgan fingerprint density at radius 3 is 2.41 bits per heavy atom. The summed E-state index contributed by atoms with van der Waals surface area (Å²) in [6, 6.07) is 14.9. The predicted molar refractivity (Wildman–Crippen MR) is 84.5 cm³/mol. The van der Waals surface area contributed by atoms with Gasteiger partial charge in [0.15, 0.2) is 6.61 Å². The molecule has 4 heteroatoms. The SMILES string of the molecule is Cc1ccc(C(=O)OCC(=O)NCc2cccc(C)c2)cc1. The van der Waals surface area contributed by atoms with E-state index in [2.05, 4.69) is 5.32 Å². The van der Waals surface area contributed by atoms with Gasteiger partial charge in [0.25, 0.3) is 5.91 Å². The van der Waals surface area contributed by atoms with Gasteiger partial charge in [0, 0.05) is 6.54 Å². The molecule has 0 aromatic heterocycles. The maximum absolute atomic E-state index is 11.8. The lowest BCUT2D eigenvalue weighted by Crippen LogP contribution is -2.28. The Bertz CT molecular complexity index is 662. The van der Waals surface area contributed by atoms with Crippen LogP contribution in [-0.2, 0) is 16.1 Å². The van der Waals surface area contributed by atoms with Gasteiger partial charge >= 0.3 is 5.97 Å². The van der Waals surface area contributed by atoms with Crippen LogP contribution >= 0.6 is 0 Å². The van der Waals surface area contributed by atoms with Crippen LogP contribution in [0, 0.1) is 13.8 Å². The highest BCUT2D eigenvalue weighted by atomic mass is 16.5. The van der Waals surface area contributed by atoms with Crippen molar-refractivity contribution in [1.29, 1.82) is 0 Å². The van der Waals surface area contributed by atoms with Gasteiger partial charge in [-0.2, -0.15) is 0 Å². The first kappa shape index (κ1) is 15.8. The van der Waals surface area contributed by atoms with Gasteiger partial charge in [-0.1, -0.05) is 47.5 Å². The lowest BCUT2D eigenvalue weighted by molar-refractivity contribution is -0.124. The number of ether oxygens (including phenoxy) is 1. The summed E-state index contributed by atoms with van der Waals surface area (Å²) < 4.78 is 4.99. The molecule has 4 nitrogen and oxygen atoms in total. The van der Waals surface area contributed by atoms with Gasteiger partial charge in [0.2, 0.25) is 0 Å². The van der Waals surface area contributed by atoms with Crippen LogP contribution in [0.4, 0.5) is 0 Å². The number of aryl methyl sites for hydroxylation is 2. The second-order valence-corrected chi connectivity index (χ2v) is 5.21. The fourth-order valence-electron chi connectivity index (χ4n) is 1.98. The largest absolute Gasteiger partial charge is 0.452 e. The highest BCUT2D eigenvalue weighted by molar-refractivity contribution is 5.91. The van der Waals surface area contributed by atoms with Gasteiger partial charge in [-0.3, -0.25) is 4.79 Å². The summed E-state index contributed by atoms with van der Waals surface area (Å²) in [5.41, 5.74) is 3.65. The molecule has 2 aromatic rings. The van der Waals surface area contributed by atoms with Crippen LogP contribution in [0.1, 0.15) is 27.0 Å². The summed E-state index contributed by atoms with van der Waals surface area (Å²) in [4.78, 5) is 23.5. The third-order valence-electron chi connectivity index (χ3n) is 3.19. The van der Waals surface area contributed by atoms with Crippen LogP contribution in [0.25, 0.3) is 0 Å². The molecule has 1 amide bonds. The highest BCUT2D eigenvalue weighted by Crippen LogP contribution is 2.05.